The smallest absolute Gasteiger partial charge is 0.0830 e. The van der Waals surface area contributed by atoms with Crippen molar-refractivity contribution < 1.29 is 0 Å². The molecule has 1 aliphatic carbocycles. The van der Waals surface area contributed by atoms with Crippen LogP contribution in [0.15, 0.2) is 65.9 Å². The fraction of sp³-hybridized carbons (Fsp3) is 0.100. The van der Waals surface area contributed by atoms with Crippen LogP contribution in [-0.2, 0) is 6.42 Å². The molecule has 0 saturated carbocycles. The number of nitrogens with one attached hydrogen (secondary N) is 1. The Balaban J connectivity index is 1.56. The average molecular weight is 299 g/mol. The van der Waals surface area contributed by atoms with Gasteiger partial charge < -0.3 is 0 Å². The fourth-order valence-corrected chi connectivity index (χ4v) is 3.08. The van der Waals surface area contributed by atoms with E-state index in [1.54, 1.807) is 12.4 Å². The van der Waals surface area contributed by atoms with Gasteiger partial charge in [-0.05, 0) is 65.4 Å². The first kappa shape index (κ1) is 13.7. The van der Waals surface area contributed by atoms with Crippen molar-refractivity contribution in [1.82, 2.24) is 4.98 Å². The largest absolute Gasteiger partial charge is 0.278 e. The van der Waals surface area contributed by atoms with Gasteiger partial charge in [-0.2, -0.15) is 5.10 Å². The Morgan fingerprint density at radius 3 is 2.87 bits per heavy atom. The van der Waals surface area contributed by atoms with E-state index in [4.69, 9.17) is 0 Å². The highest BCUT2D eigenvalue weighted by Crippen LogP contribution is 2.39. The first-order chi connectivity index (χ1) is 11.3. The van der Waals surface area contributed by atoms with Crippen molar-refractivity contribution in [2.24, 2.45) is 5.10 Å². The van der Waals surface area contributed by atoms with E-state index in [-0.39, 0.29) is 0 Å². The molecule has 3 heteroatoms. The first-order valence-electron chi connectivity index (χ1n) is 7.73. The second-order valence-corrected chi connectivity index (χ2v) is 5.77. The molecule has 4 rings (SSSR count). The van der Waals surface area contributed by atoms with Gasteiger partial charge in [-0.15, -0.1) is 0 Å². The summed E-state index contributed by atoms with van der Waals surface area (Å²) in [5, 5.41) is 4.27. The van der Waals surface area contributed by atoms with Crippen molar-refractivity contribution in [3.05, 3.63) is 83.2 Å². The van der Waals surface area contributed by atoms with Crippen molar-refractivity contribution in [3.63, 3.8) is 0 Å². The van der Waals surface area contributed by atoms with E-state index in [1.165, 1.54) is 27.8 Å². The van der Waals surface area contributed by atoms with Gasteiger partial charge in [0, 0.05) is 6.20 Å². The third-order valence-corrected chi connectivity index (χ3v) is 4.25. The third kappa shape index (κ3) is 2.61. The van der Waals surface area contributed by atoms with Gasteiger partial charge in [0.15, 0.2) is 0 Å². The van der Waals surface area contributed by atoms with Crippen molar-refractivity contribution in [1.29, 1.82) is 0 Å². The molecular formula is C20H17N3. The maximum absolute atomic E-state index is 4.27. The Hall–Kier alpha value is -2.94. The summed E-state index contributed by atoms with van der Waals surface area (Å²) in [7, 11) is 0. The van der Waals surface area contributed by atoms with Gasteiger partial charge >= 0.3 is 0 Å². The van der Waals surface area contributed by atoms with Crippen LogP contribution in [-0.4, -0.2) is 11.2 Å². The molecule has 0 unspecified atom stereocenters. The predicted molar refractivity (Wildman–Crippen MR) is 94.9 cm³/mol. The minimum Gasteiger partial charge on any atom is -0.278 e. The van der Waals surface area contributed by atoms with Gasteiger partial charge in [0.2, 0.25) is 0 Å². The summed E-state index contributed by atoms with van der Waals surface area (Å²) in [6.07, 6.45) is 4.49. The Morgan fingerprint density at radius 2 is 2.00 bits per heavy atom. The van der Waals surface area contributed by atoms with Gasteiger partial charge in [0.1, 0.15) is 0 Å². The summed E-state index contributed by atoms with van der Waals surface area (Å²) in [4.78, 5) is 4.22. The number of fused-ring (bicyclic) bond motifs is 3. The standard InChI is InChI=1S/C20H17N3/c1-14-5-4-7-19-18-9-8-16(11-15(18)12-20(14)19)23-22-13-17-6-2-3-10-21-17/h2-11,13,23H,12H2,1H3/b22-13-. The average Bonchev–Trinajstić information content (AvgIpc) is 2.95. The number of hydrazone groups is 1. The van der Waals surface area contributed by atoms with Crippen LogP contribution in [0.3, 0.4) is 0 Å². The number of benzene rings is 2. The maximum Gasteiger partial charge on any atom is 0.0830 e. The molecule has 0 aliphatic heterocycles. The van der Waals surface area contributed by atoms with E-state index >= 15 is 0 Å². The molecule has 0 spiro atoms. The molecular weight excluding hydrogens is 282 g/mol. The Bertz CT molecular complexity index is 883. The lowest BCUT2D eigenvalue weighted by Crippen LogP contribution is -1.93. The van der Waals surface area contributed by atoms with Crippen LogP contribution in [0.1, 0.15) is 22.4 Å². The summed E-state index contributed by atoms with van der Waals surface area (Å²) < 4.78 is 0. The molecule has 112 valence electrons. The molecule has 3 aromatic rings. The monoisotopic (exact) mass is 299 g/mol. The molecule has 1 N–H and O–H groups in total. The second kappa shape index (κ2) is 5.69. The Labute approximate surface area is 135 Å². The molecule has 0 saturated heterocycles. The van der Waals surface area contributed by atoms with Crippen LogP contribution in [0.4, 0.5) is 5.69 Å². The number of aromatic nitrogens is 1. The molecule has 2 aromatic carbocycles. The molecule has 1 aromatic heterocycles. The van der Waals surface area contributed by atoms with E-state index in [0.717, 1.165) is 17.8 Å². The van der Waals surface area contributed by atoms with Crippen LogP contribution in [0.25, 0.3) is 11.1 Å². The molecule has 0 atom stereocenters. The zero-order chi connectivity index (χ0) is 15.6. The number of aryl methyl sites for hydroxylation is 1. The molecule has 1 aliphatic rings. The van der Waals surface area contributed by atoms with Gasteiger partial charge in [-0.1, -0.05) is 30.3 Å². The van der Waals surface area contributed by atoms with Crippen LogP contribution < -0.4 is 5.43 Å². The molecule has 23 heavy (non-hydrogen) atoms. The lowest BCUT2D eigenvalue weighted by atomic mass is 10.0. The lowest BCUT2D eigenvalue weighted by Gasteiger charge is -2.04. The molecule has 0 fully saturated rings. The third-order valence-electron chi connectivity index (χ3n) is 4.25. The predicted octanol–water partition coefficient (Wildman–Crippen LogP) is 4.41. The number of hydrogen-bond donors (Lipinski definition) is 1. The minimum absolute atomic E-state index is 0.837. The topological polar surface area (TPSA) is 37.3 Å². The summed E-state index contributed by atoms with van der Waals surface area (Å²) in [5.74, 6) is 0. The second-order valence-electron chi connectivity index (χ2n) is 5.77. The SMILES string of the molecule is Cc1cccc2c1Cc1cc(N/N=C\c3ccccn3)ccc1-2. The van der Waals surface area contributed by atoms with Crippen LogP contribution in [0.5, 0.6) is 0 Å². The van der Waals surface area contributed by atoms with E-state index in [1.807, 2.05) is 18.2 Å². The Kier molecular flexibility index (Phi) is 3.39. The minimum atomic E-state index is 0.837. The highest BCUT2D eigenvalue weighted by atomic mass is 15.3. The summed E-state index contributed by atoms with van der Waals surface area (Å²) in [6.45, 7) is 2.18. The van der Waals surface area contributed by atoms with E-state index in [2.05, 4.69) is 58.8 Å². The zero-order valence-electron chi connectivity index (χ0n) is 13.0. The molecule has 0 bridgehead atoms. The van der Waals surface area contributed by atoms with E-state index in [9.17, 15) is 0 Å². The van der Waals surface area contributed by atoms with Crippen molar-refractivity contribution >= 4 is 11.9 Å². The van der Waals surface area contributed by atoms with Gasteiger partial charge in [0.05, 0.1) is 17.6 Å². The summed E-state index contributed by atoms with van der Waals surface area (Å²) in [5.41, 5.74) is 11.8. The quantitative estimate of drug-likeness (QED) is 0.449. The van der Waals surface area contributed by atoms with Gasteiger partial charge in [-0.25, -0.2) is 0 Å². The Morgan fingerprint density at radius 1 is 1.04 bits per heavy atom. The molecule has 0 amide bonds. The number of rotatable bonds is 3. The van der Waals surface area contributed by atoms with Gasteiger partial charge in [0.25, 0.3) is 0 Å². The van der Waals surface area contributed by atoms with Crippen LogP contribution in [0.2, 0.25) is 0 Å². The maximum atomic E-state index is 4.27. The van der Waals surface area contributed by atoms with Crippen molar-refractivity contribution in [2.45, 2.75) is 13.3 Å². The van der Waals surface area contributed by atoms with E-state index in [0.29, 0.717) is 0 Å². The highest BCUT2D eigenvalue weighted by molar-refractivity contribution is 5.80. The van der Waals surface area contributed by atoms with Crippen molar-refractivity contribution in [3.8, 4) is 11.1 Å². The lowest BCUT2D eigenvalue weighted by molar-refractivity contribution is 1.21. The summed E-state index contributed by atoms with van der Waals surface area (Å²) in [6, 6.07) is 18.7. The number of anilines is 1. The normalized spacial score (nSPS) is 12.2. The zero-order valence-corrected chi connectivity index (χ0v) is 13.0. The molecule has 0 radical (unpaired) electrons. The van der Waals surface area contributed by atoms with Gasteiger partial charge in [-0.3, -0.25) is 10.4 Å². The number of hydrogen-bond acceptors (Lipinski definition) is 3. The van der Waals surface area contributed by atoms with Crippen LogP contribution in [0, 0.1) is 6.92 Å². The molecule has 1 heterocycles. The molecule has 3 nitrogen and oxygen atoms in total. The number of pyridine rings is 1. The van der Waals surface area contributed by atoms with Crippen molar-refractivity contribution in [2.75, 3.05) is 5.43 Å². The van der Waals surface area contributed by atoms with Crippen LogP contribution >= 0.6 is 0 Å². The first-order valence-corrected chi connectivity index (χ1v) is 7.73. The summed E-state index contributed by atoms with van der Waals surface area (Å²) >= 11 is 0. The van der Waals surface area contributed by atoms with E-state index < -0.39 is 0 Å². The number of nitrogens with zero attached hydrogens (tertiary/aromatic N) is 2. The highest BCUT2D eigenvalue weighted by Gasteiger charge is 2.19. The fourth-order valence-electron chi connectivity index (χ4n) is 3.08.